The molecule has 3 heteroatoms. The third-order valence-corrected chi connectivity index (χ3v) is 12.0. The Kier molecular flexibility index (Phi) is 5.57. The van der Waals surface area contributed by atoms with Crippen LogP contribution in [-0.2, 0) is 0 Å². The molecule has 1 aliphatic carbocycles. The molecule has 1 aliphatic heterocycles. The average molecular weight is 610 g/mol. The second kappa shape index (κ2) is 9.84. The molecule has 1 aromatic heterocycles. The maximum absolute atomic E-state index is 2.51. The molecule has 0 N–H and O–H groups in total. The van der Waals surface area contributed by atoms with E-state index in [9.17, 15) is 0 Å². The maximum Gasteiger partial charge on any atom is 0.0546 e. The van der Waals surface area contributed by atoms with Crippen LogP contribution in [0.15, 0.2) is 155 Å². The van der Waals surface area contributed by atoms with Crippen molar-refractivity contribution in [2.75, 3.05) is 4.90 Å². The van der Waals surface area contributed by atoms with Gasteiger partial charge in [-0.05, 0) is 92.4 Å². The molecule has 0 spiro atoms. The summed E-state index contributed by atoms with van der Waals surface area (Å²) >= 11 is 3.81. The summed E-state index contributed by atoms with van der Waals surface area (Å²) in [6, 6.07) is 47.7. The maximum atomic E-state index is 2.51. The molecule has 212 valence electrons. The number of hydrogen-bond donors (Lipinski definition) is 0. The van der Waals surface area contributed by atoms with Crippen LogP contribution in [0.5, 0.6) is 0 Å². The number of rotatable bonds is 3. The molecule has 10 rings (SSSR count). The molecule has 0 radical (unpaired) electrons. The van der Waals surface area contributed by atoms with Gasteiger partial charge in [0.25, 0.3) is 0 Å². The van der Waals surface area contributed by atoms with Gasteiger partial charge in [-0.1, -0.05) is 109 Å². The zero-order valence-corrected chi connectivity index (χ0v) is 26.0. The average Bonchev–Trinajstić information content (AvgIpc) is 3.66. The van der Waals surface area contributed by atoms with E-state index in [1.54, 1.807) is 0 Å². The van der Waals surface area contributed by atoms with Gasteiger partial charge in [-0.15, -0.1) is 11.3 Å². The van der Waals surface area contributed by atoms with Crippen LogP contribution in [0.3, 0.4) is 0 Å². The van der Waals surface area contributed by atoms with Crippen LogP contribution in [-0.4, -0.2) is 0 Å². The third kappa shape index (κ3) is 3.88. The van der Waals surface area contributed by atoms with E-state index < -0.39 is 0 Å². The predicted molar refractivity (Wildman–Crippen MR) is 197 cm³/mol. The SMILES string of the molecule is C1=CCC2C(=C1)Sc1ccc(N(c3ccc4sc5ccccc5c4c3)c3cc4ccc5ccccc5c4c4ccccc34)cc12. The molecule has 0 fully saturated rings. The van der Waals surface area contributed by atoms with Crippen LogP contribution in [0.1, 0.15) is 17.9 Å². The number of benzene rings is 7. The topological polar surface area (TPSA) is 3.24 Å². The van der Waals surface area contributed by atoms with E-state index >= 15 is 0 Å². The Hall–Kier alpha value is -4.83. The van der Waals surface area contributed by atoms with Crippen molar-refractivity contribution in [2.24, 2.45) is 0 Å². The third-order valence-electron chi connectivity index (χ3n) is 9.55. The van der Waals surface area contributed by atoms with Crippen molar-refractivity contribution in [3.05, 3.63) is 156 Å². The Morgan fingerprint density at radius 2 is 1.31 bits per heavy atom. The van der Waals surface area contributed by atoms with Crippen molar-refractivity contribution < 1.29 is 0 Å². The van der Waals surface area contributed by atoms with Crippen LogP contribution in [0.25, 0.3) is 52.5 Å². The Morgan fingerprint density at radius 1 is 0.578 bits per heavy atom. The number of thiophene rings is 1. The molecular formula is C42H27NS2. The zero-order chi connectivity index (χ0) is 29.5. The molecule has 45 heavy (non-hydrogen) atoms. The molecular weight excluding hydrogens is 583 g/mol. The van der Waals surface area contributed by atoms with Gasteiger partial charge in [0.2, 0.25) is 0 Å². The highest BCUT2D eigenvalue weighted by Crippen LogP contribution is 2.54. The monoisotopic (exact) mass is 609 g/mol. The van der Waals surface area contributed by atoms with E-state index in [4.69, 9.17) is 0 Å². The molecule has 0 bridgehead atoms. The van der Waals surface area contributed by atoms with Crippen LogP contribution < -0.4 is 4.90 Å². The summed E-state index contributed by atoms with van der Waals surface area (Å²) in [6.45, 7) is 0. The molecule has 0 amide bonds. The van der Waals surface area contributed by atoms with Gasteiger partial charge < -0.3 is 4.90 Å². The number of fused-ring (bicyclic) bond motifs is 11. The van der Waals surface area contributed by atoms with Gasteiger partial charge in [0, 0.05) is 47.7 Å². The molecule has 2 aliphatic rings. The van der Waals surface area contributed by atoms with Crippen molar-refractivity contribution in [2.45, 2.75) is 17.2 Å². The standard InChI is InChI=1S/C42H27NS2/c1-2-10-30-26(9-1)17-18-27-23-37(31-11-3-4-14-34(31)42(27)30)43(28-19-21-40-35(24-28)32-12-5-7-15-38(32)44-40)29-20-22-41-36(25-29)33-13-6-8-16-39(33)45-41/h1-12,14-25,33H,13H2. The van der Waals surface area contributed by atoms with Crippen LogP contribution in [0, 0.1) is 0 Å². The number of nitrogens with zero attached hydrogens (tertiary/aromatic N) is 1. The van der Waals surface area contributed by atoms with Gasteiger partial charge >= 0.3 is 0 Å². The Morgan fingerprint density at radius 3 is 2.24 bits per heavy atom. The number of allylic oxidation sites excluding steroid dienone is 4. The zero-order valence-electron chi connectivity index (χ0n) is 24.4. The van der Waals surface area contributed by atoms with E-state index in [1.807, 2.05) is 23.1 Å². The fourth-order valence-electron chi connectivity index (χ4n) is 7.49. The summed E-state index contributed by atoms with van der Waals surface area (Å²) in [5, 5.41) is 10.3. The van der Waals surface area contributed by atoms with Crippen molar-refractivity contribution in [1.29, 1.82) is 0 Å². The first-order valence-corrected chi connectivity index (χ1v) is 17.2. The summed E-state index contributed by atoms with van der Waals surface area (Å²) in [5.41, 5.74) is 5.03. The lowest BCUT2D eigenvalue weighted by Gasteiger charge is -2.28. The molecule has 1 nitrogen and oxygen atoms in total. The van der Waals surface area contributed by atoms with Crippen molar-refractivity contribution in [3.63, 3.8) is 0 Å². The van der Waals surface area contributed by atoms with Crippen LogP contribution in [0.2, 0.25) is 0 Å². The lowest BCUT2D eigenvalue weighted by atomic mass is 9.91. The second-order valence-corrected chi connectivity index (χ2v) is 14.2. The minimum atomic E-state index is 0.444. The van der Waals surface area contributed by atoms with Gasteiger partial charge in [0.1, 0.15) is 0 Å². The van der Waals surface area contributed by atoms with E-state index in [1.165, 1.54) is 84.9 Å². The minimum absolute atomic E-state index is 0.444. The quantitative estimate of drug-likeness (QED) is 0.183. The molecule has 1 atom stereocenters. The highest BCUT2D eigenvalue weighted by Gasteiger charge is 2.30. The smallest absolute Gasteiger partial charge is 0.0546 e. The number of anilines is 3. The highest BCUT2D eigenvalue weighted by atomic mass is 32.2. The highest BCUT2D eigenvalue weighted by molar-refractivity contribution is 8.03. The summed E-state index contributed by atoms with van der Waals surface area (Å²) < 4.78 is 2.65. The fourth-order valence-corrected chi connectivity index (χ4v) is 9.79. The normalized spacial score (nSPS) is 15.6. The largest absolute Gasteiger partial charge is 0.310 e. The first kappa shape index (κ1) is 25.5. The van der Waals surface area contributed by atoms with E-state index in [0.29, 0.717) is 5.92 Å². The van der Waals surface area contributed by atoms with Crippen molar-refractivity contribution in [1.82, 2.24) is 0 Å². The molecule has 2 heterocycles. The van der Waals surface area contributed by atoms with E-state index in [0.717, 1.165) is 6.42 Å². The first-order valence-electron chi connectivity index (χ1n) is 15.5. The van der Waals surface area contributed by atoms with Gasteiger partial charge in [-0.2, -0.15) is 0 Å². The minimum Gasteiger partial charge on any atom is -0.310 e. The van der Waals surface area contributed by atoms with Crippen LogP contribution in [0.4, 0.5) is 17.1 Å². The van der Waals surface area contributed by atoms with Gasteiger partial charge in [-0.3, -0.25) is 0 Å². The summed E-state index contributed by atoms with van der Waals surface area (Å²) in [5.74, 6) is 0.444. The van der Waals surface area contributed by atoms with Crippen molar-refractivity contribution in [3.8, 4) is 0 Å². The molecule has 1 unspecified atom stereocenters. The Labute approximate surface area is 269 Å². The predicted octanol–water partition coefficient (Wildman–Crippen LogP) is 13.0. The molecule has 0 saturated heterocycles. The number of hydrogen-bond acceptors (Lipinski definition) is 3. The Bertz CT molecular complexity index is 2570. The summed E-state index contributed by atoms with van der Waals surface area (Å²) in [4.78, 5) is 5.35. The molecule has 8 aromatic rings. The lowest BCUT2D eigenvalue weighted by molar-refractivity contribution is 0.837. The molecule has 7 aromatic carbocycles. The second-order valence-electron chi connectivity index (χ2n) is 12.0. The fraction of sp³-hybridized carbons (Fsp3) is 0.0476. The Balaban J connectivity index is 1.27. The summed E-state index contributed by atoms with van der Waals surface area (Å²) in [6.07, 6.45) is 7.88. The molecule has 0 saturated carbocycles. The lowest BCUT2D eigenvalue weighted by Crippen LogP contribution is -2.11. The van der Waals surface area contributed by atoms with Gasteiger partial charge in [-0.25, -0.2) is 0 Å². The van der Waals surface area contributed by atoms with Crippen LogP contribution >= 0.6 is 23.1 Å². The van der Waals surface area contributed by atoms with Gasteiger partial charge in [0.15, 0.2) is 0 Å². The first-order chi connectivity index (χ1) is 22.3. The van der Waals surface area contributed by atoms with Crippen molar-refractivity contribution >= 4 is 92.7 Å². The summed E-state index contributed by atoms with van der Waals surface area (Å²) in [7, 11) is 0. The van der Waals surface area contributed by atoms with E-state index in [-0.39, 0.29) is 0 Å². The number of thioether (sulfide) groups is 1. The van der Waals surface area contributed by atoms with E-state index in [2.05, 4.69) is 151 Å². The van der Waals surface area contributed by atoms with Gasteiger partial charge in [0.05, 0.1) is 5.69 Å².